The number of nitrogens with zero attached hydrogens (tertiary/aromatic N) is 2. The van der Waals surface area contributed by atoms with Gasteiger partial charge in [-0.2, -0.15) is 0 Å². The van der Waals surface area contributed by atoms with Crippen molar-refractivity contribution in [2.75, 3.05) is 24.5 Å². The molecule has 0 radical (unpaired) electrons. The summed E-state index contributed by atoms with van der Waals surface area (Å²) in [6.07, 6.45) is 1.65. The van der Waals surface area contributed by atoms with E-state index in [0.717, 1.165) is 32.6 Å². The molecule has 1 heterocycles. The third-order valence-electron chi connectivity index (χ3n) is 3.52. The Bertz CT molecular complexity index is 417. The Morgan fingerprint density at radius 2 is 1.94 bits per heavy atom. The van der Waals surface area contributed by atoms with E-state index in [2.05, 4.69) is 43.0 Å². The third kappa shape index (κ3) is 2.66. The molecule has 3 heteroatoms. The molecule has 0 aromatic heterocycles. The Balaban J connectivity index is 2.31. The van der Waals surface area contributed by atoms with Crippen LogP contribution >= 0.6 is 0 Å². The molecule has 98 valence electrons. The van der Waals surface area contributed by atoms with Crippen LogP contribution in [0.4, 0.5) is 5.69 Å². The third-order valence-corrected chi connectivity index (χ3v) is 3.52. The van der Waals surface area contributed by atoms with Crippen LogP contribution in [0, 0.1) is 0 Å². The van der Waals surface area contributed by atoms with Gasteiger partial charge in [0.2, 0.25) is 5.91 Å². The number of anilines is 1. The molecule has 1 amide bonds. The standard InChI is InChI=1S/C15H22N2O/c1-3-10-17-12-13-7-5-6-8-14(13)16(4-2)11-9-15(17)18/h5-8H,3-4,9-12H2,1-2H3. The average Bonchev–Trinajstić information content (AvgIpc) is 2.38. The average molecular weight is 246 g/mol. The van der Waals surface area contributed by atoms with Crippen LogP contribution in [-0.2, 0) is 11.3 Å². The zero-order valence-electron chi connectivity index (χ0n) is 11.4. The molecule has 0 atom stereocenters. The van der Waals surface area contributed by atoms with Gasteiger partial charge < -0.3 is 9.80 Å². The van der Waals surface area contributed by atoms with Crippen LogP contribution in [0.3, 0.4) is 0 Å². The zero-order valence-corrected chi connectivity index (χ0v) is 11.4. The Kier molecular flexibility index (Phi) is 4.24. The largest absolute Gasteiger partial charge is 0.371 e. The van der Waals surface area contributed by atoms with Crippen LogP contribution < -0.4 is 4.90 Å². The van der Waals surface area contributed by atoms with Gasteiger partial charge in [0.05, 0.1) is 0 Å². The van der Waals surface area contributed by atoms with E-state index >= 15 is 0 Å². The minimum absolute atomic E-state index is 0.282. The molecule has 0 saturated heterocycles. The molecule has 0 fully saturated rings. The second-order valence-electron chi connectivity index (χ2n) is 4.77. The smallest absolute Gasteiger partial charge is 0.224 e. The van der Waals surface area contributed by atoms with Crippen molar-refractivity contribution in [3.05, 3.63) is 29.8 Å². The first kappa shape index (κ1) is 12.9. The first-order chi connectivity index (χ1) is 8.76. The number of hydrogen-bond donors (Lipinski definition) is 0. The zero-order chi connectivity index (χ0) is 13.0. The first-order valence-corrected chi connectivity index (χ1v) is 6.86. The molecule has 0 saturated carbocycles. The molecule has 2 rings (SSSR count). The van der Waals surface area contributed by atoms with Crippen LogP contribution in [0.2, 0.25) is 0 Å². The van der Waals surface area contributed by atoms with Crippen molar-refractivity contribution in [1.82, 2.24) is 4.90 Å². The van der Waals surface area contributed by atoms with Gasteiger partial charge >= 0.3 is 0 Å². The maximum Gasteiger partial charge on any atom is 0.224 e. The van der Waals surface area contributed by atoms with E-state index in [0.29, 0.717) is 6.42 Å². The molecule has 0 unspecified atom stereocenters. The van der Waals surface area contributed by atoms with Gasteiger partial charge in [-0.15, -0.1) is 0 Å². The predicted octanol–water partition coefficient (Wildman–Crippen LogP) is 2.66. The number of hydrogen-bond acceptors (Lipinski definition) is 2. The van der Waals surface area contributed by atoms with Gasteiger partial charge in [-0.3, -0.25) is 4.79 Å². The van der Waals surface area contributed by atoms with E-state index in [1.165, 1.54) is 11.3 Å². The van der Waals surface area contributed by atoms with Gasteiger partial charge in [-0.05, 0) is 25.0 Å². The minimum Gasteiger partial charge on any atom is -0.371 e. The summed E-state index contributed by atoms with van der Waals surface area (Å²) in [4.78, 5) is 16.4. The number of rotatable bonds is 3. The normalized spacial score (nSPS) is 16.2. The molecule has 18 heavy (non-hydrogen) atoms. The Labute approximate surface area is 109 Å². The van der Waals surface area contributed by atoms with Crippen LogP contribution in [0.5, 0.6) is 0 Å². The summed E-state index contributed by atoms with van der Waals surface area (Å²) in [6.45, 7) is 7.66. The van der Waals surface area contributed by atoms with E-state index in [4.69, 9.17) is 0 Å². The van der Waals surface area contributed by atoms with Gasteiger partial charge in [0.15, 0.2) is 0 Å². The fourth-order valence-electron chi connectivity index (χ4n) is 2.56. The van der Waals surface area contributed by atoms with E-state index in [1.54, 1.807) is 0 Å². The van der Waals surface area contributed by atoms with Gasteiger partial charge in [0, 0.05) is 38.3 Å². The SMILES string of the molecule is CCCN1Cc2ccccc2N(CC)CCC1=O. The summed E-state index contributed by atoms with van der Waals surface area (Å²) in [7, 11) is 0. The summed E-state index contributed by atoms with van der Waals surface area (Å²) in [6, 6.07) is 8.44. The quantitative estimate of drug-likeness (QED) is 0.818. The van der Waals surface area contributed by atoms with Crippen molar-refractivity contribution in [3.63, 3.8) is 0 Å². The van der Waals surface area contributed by atoms with Crippen molar-refractivity contribution in [1.29, 1.82) is 0 Å². The fraction of sp³-hybridized carbons (Fsp3) is 0.533. The lowest BCUT2D eigenvalue weighted by atomic mass is 10.1. The summed E-state index contributed by atoms with van der Waals surface area (Å²) in [5.74, 6) is 0.282. The molecular formula is C15H22N2O. The number of carbonyl (C=O) groups excluding carboxylic acids is 1. The first-order valence-electron chi connectivity index (χ1n) is 6.86. The van der Waals surface area contributed by atoms with Crippen LogP contribution in [0.1, 0.15) is 32.3 Å². The maximum atomic E-state index is 12.1. The molecular weight excluding hydrogens is 224 g/mol. The lowest BCUT2D eigenvalue weighted by Crippen LogP contribution is -2.38. The molecule has 0 N–H and O–H groups in total. The Hall–Kier alpha value is -1.51. The lowest BCUT2D eigenvalue weighted by molar-refractivity contribution is -0.131. The summed E-state index contributed by atoms with van der Waals surface area (Å²) >= 11 is 0. The second-order valence-corrected chi connectivity index (χ2v) is 4.77. The summed E-state index contributed by atoms with van der Waals surface area (Å²) < 4.78 is 0. The topological polar surface area (TPSA) is 23.6 Å². The van der Waals surface area contributed by atoms with E-state index in [9.17, 15) is 4.79 Å². The van der Waals surface area contributed by atoms with Gasteiger partial charge in [0.1, 0.15) is 0 Å². The van der Waals surface area contributed by atoms with Crippen molar-refractivity contribution >= 4 is 11.6 Å². The number of fused-ring (bicyclic) bond motifs is 1. The molecule has 1 aromatic rings. The predicted molar refractivity (Wildman–Crippen MR) is 74.7 cm³/mol. The highest BCUT2D eigenvalue weighted by Crippen LogP contribution is 2.24. The molecule has 3 nitrogen and oxygen atoms in total. The Morgan fingerprint density at radius 1 is 1.17 bits per heavy atom. The van der Waals surface area contributed by atoms with Gasteiger partial charge in [-0.1, -0.05) is 25.1 Å². The summed E-state index contributed by atoms with van der Waals surface area (Å²) in [5.41, 5.74) is 2.55. The second kappa shape index (κ2) is 5.89. The van der Waals surface area contributed by atoms with Crippen LogP contribution in [-0.4, -0.2) is 30.4 Å². The van der Waals surface area contributed by atoms with Crippen molar-refractivity contribution in [2.45, 2.75) is 33.2 Å². The highest BCUT2D eigenvalue weighted by molar-refractivity contribution is 5.78. The Morgan fingerprint density at radius 3 is 2.67 bits per heavy atom. The number of benzene rings is 1. The highest BCUT2D eigenvalue weighted by Gasteiger charge is 2.20. The van der Waals surface area contributed by atoms with E-state index in [1.807, 2.05) is 4.90 Å². The molecule has 0 bridgehead atoms. The molecule has 1 aromatic carbocycles. The molecule has 1 aliphatic rings. The summed E-state index contributed by atoms with van der Waals surface area (Å²) in [5, 5.41) is 0. The van der Waals surface area contributed by atoms with E-state index < -0.39 is 0 Å². The molecule has 0 spiro atoms. The maximum absolute atomic E-state index is 12.1. The van der Waals surface area contributed by atoms with Crippen molar-refractivity contribution in [2.24, 2.45) is 0 Å². The number of para-hydroxylation sites is 1. The lowest BCUT2D eigenvalue weighted by Gasteiger charge is -2.32. The van der Waals surface area contributed by atoms with Gasteiger partial charge in [0.25, 0.3) is 0 Å². The van der Waals surface area contributed by atoms with Gasteiger partial charge in [-0.25, -0.2) is 0 Å². The number of amides is 1. The highest BCUT2D eigenvalue weighted by atomic mass is 16.2. The number of carbonyl (C=O) groups is 1. The molecule has 0 aliphatic carbocycles. The van der Waals surface area contributed by atoms with E-state index in [-0.39, 0.29) is 5.91 Å². The molecule has 1 aliphatic heterocycles. The van der Waals surface area contributed by atoms with Crippen LogP contribution in [0.25, 0.3) is 0 Å². The van der Waals surface area contributed by atoms with Crippen molar-refractivity contribution in [3.8, 4) is 0 Å². The minimum atomic E-state index is 0.282. The fourth-order valence-corrected chi connectivity index (χ4v) is 2.56. The van der Waals surface area contributed by atoms with Crippen molar-refractivity contribution < 1.29 is 4.79 Å². The monoisotopic (exact) mass is 246 g/mol. The van der Waals surface area contributed by atoms with Crippen LogP contribution in [0.15, 0.2) is 24.3 Å².